The summed E-state index contributed by atoms with van der Waals surface area (Å²) in [4.78, 5) is 40.4. The molecule has 86 heavy (non-hydrogen) atoms. The first-order valence-electron chi connectivity index (χ1n) is 34.3. The van der Waals surface area contributed by atoms with Gasteiger partial charge in [-0.05, 0) is 142 Å². The van der Waals surface area contributed by atoms with Crippen molar-refractivity contribution in [1.82, 2.24) is 39.9 Å². The largest absolute Gasteiger partial charge is 2.00 e. The van der Waals surface area contributed by atoms with E-state index in [2.05, 4.69) is 249 Å². The molecule has 0 aliphatic rings. The van der Waals surface area contributed by atoms with Crippen LogP contribution in [0.1, 0.15) is 421 Å². The zero-order valence-electron chi connectivity index (χ0n) is 64.3. The van der Waals surface area contributed by atoms with Crippen molar-refractivity contribution in [2.75, 3.05) is 0 Å². The fraction of sp³-hybridized carbons (Fsp3) is 0.842. The Hall–Kier alpha value is -0.0171. The molecule has 0 atom stereocenters. The predicted octanol–water partition coefficient (Wildman–Crippen LogP) is 21.2. The van der Waals surface area contributed by atoms with Crippen LogP contribution in [0.5, 0.6) is 0 Å². The summed E-state index contributed by atoms with van der Waals surface area (Å²) in [5.74, 6) is 4.16. The molecule has 4 heterocycles. The van der Waals surface area contributed by atoms with E-state index in [1.54, 1.807) is 0 Å². The van der Waals surface area contributed by atoms with E-state index in [1.165, 1.54) is 71.2 Å². The maximum absolute atomic E-state index is 5.05. The molecule has 0 aromatic carbocycles. The first-order valence-corrected chi connectivity index (χ1v) is 34.3. The number of aromatic nitrogens is 8. The van der Waals surface area contributed by atoms with E-state index in [0.717, 1.165) is 100 Å². The summed E-state index contributed by atoms with van der Waals surface area (Å²) in [6.45, 7) is 81.8. The number of hydrogen-bond donors (Lipinski definition) is 0. The molecule has 0 aliphatic heterocycles. The van der Waals surface area contributed by atoms with Gasteiger partial charge in [-0.15, -0.1) is 0 Å². The zero-order chi connectivity index (χ0) is 65.9. The summed E-state index contributed by atoms with van der Waals surface area (Å²) in [5, 5.41) is 0. The maximum Gasteiger partial charge on any atom is 2.00 e. The second kappa shape index (κ2) is 34.4. The predicted molar refractivity (Wildman–Crippen MR) is 380 cm³/mol. The van der Waals surface area contributed by atoms with Crippen LogP contribution in [0.25, 0.3) is 0 Å². The third-order valence-corrected chi connectivity index (χ3v) is 20.8. The molecule has 4 aromatic heterocycles. The molecule has 0 saturated carbocycles. The molecular weight excluding hydrogens is 1300 g/mol. The molecule has 8 nitrogen and oxygen atoms in total. The van der Waals surface area contributed by atoms with Crippen LogP contribution in [0.15, 0.2) is 0 Å². The van der Waals surface area contributed by atoms with Gasteiger partial charge in [0, 0.05) is 0 Å². The van der Waals surface area contributed by atoms with Crippen molar-refractivity contribution in [3.05, 3.63) is 68.8 Å². The van der Waals surface area contributed by atoms with Gasteiger partial charge in [-0.1, -0.05) is 344 Å². The fourth-order valence-corrected chi connectivity index (χ4v) is 10.6. The average Bonchev–Trinajstić information content (AvgIpc) is 4.26. The Morgan fingerprint density at radius 2 is 0.337 bits per heavy atom. The number of nitrogens with zero attached hydrogens (tertiary/aromatic N) is 8. The Kier molecular flexibility index (Phi) is 35.2. The molecule has 0 saturated heterocycles. The molecule has 488 valence electrons. The summed E-state index contributed by atoms with van der Waals surface area (Å²) in [6, 6.07) is 0. The monoisotopic (exact) mass is 1440 g/mol. The van der Waals surface area contributed by atoms with Crippen LogP contribution in [0.3, 0.4) is 0 Å². The summed E-state index contributed by atoms with van der Waals surface area (Å²) < 4.78 is 0. The van der Waals surface area contributed by atoms with E-state index in [-0.39, 0.29) is 163 Å². The number of rotatable bonds is 28. The van der Waals surface area contributed by atoms with Crippen molar-refractivity contribution in [2.24, 2.45) is 0 Å². The molecule has 0 amide bonds. The molecule has 0 N–H and O–H groups in total. The van der Waals surface area contributed by atoms with E-state index < -0.39 is 0 Å². The Morgan fingerprint density at radius 3 is 0.442 bits per heavy atom. The molecule has 0 radical (unpaired) electrons. The van der Waals surface area contributed by atoms with Gasteiger partial charge in [-0.2, -0.15) is 0 Å². The second-order valence-electron chi connectivity index (χ2n) is 33.4. The van der Waals surface area contributed by atoms with E-state index in [1.807, 2.05) is 0 Å². The van der Waals surface area contributed by atoms with E-state index >= 15 is 0 Å². The molecule has 0 aliphatic carbocycles. The van der Waals surface area contributed by atoms with Crippen LogP contribution in [-0.2, 0) is 65.0 Å². The van der Waals surface area contributed by atoms with Crippen molar-refractivity contribution < 1.29 is 0 Å². The fourth-order valence-electron chi connectivity index (χ4n) is 10.6. The van der Waals surface area contributed by atoms with E-state index in [0.29, 0.717) is 0 Å². The standard InChI is InChI=1S/4C19H35N2.2Ba/c4*1-10-13-19(8,9)16-20-14(17(4,5)11-2)15(21-16)18(6,7)12-3;;/h4*10-13H2,1-9H3;;/q4*-1;2*+2. The van der Waals surface area contributed by atoms with Crippen LogP contribution in [0.4, 0.5) is 0 Å². The summed E-state index contributed by atoms with van der Waals surface area (Å²) >= 11 is 0. The van der Waals surface area contributed by atoms with Gasteiger partial charge in [0.25, 0.3) is 0 Å². The Bertz CT molecular complexity index is 2090. The molecule has 0 fully saturated rings. The Morgan fingerprint density at radius 1 is 0.209 bits per heavy atom. The minimum Gasteiger partial charge on any atom is -0.442 e. The van der Waals surface area contributed by atoms with Crippen molar-refractivity contribution >= 4 is 97.8 Å². The molecule has 4 rings (SSSR count). The Balaban J connectivity index is 0. The van der Waals surface area contributed by atoms with Crippen molar-refractivity contribution in [3.8, 4) is 0 Å². The van der Waals surface area contributed by atoms with Crippen LogP contribution in [0.2, 0.25) is 0 Å². The van der Waals surface area contributed by atoms with Gasteiger partial charge in [-0.3, -0.25) is 0 Å². The minimum atomic E-state index is 0. The first kappa shape index (κ1) is 88.0. The SMILES string of the molecule is CCCC(C)(C)c1nc(C(C)(C)CC)c(C(C)(C)CC)[n-]1.CCCC(C)(C)c1nc(C(C)(C)CC)c(C(C)(C)CC)[n-]1.CCCC(C)(C)c1nc(C(C)(C)CC)c(C(C)(C)CC)[n-]1.CCCC(C)(C)c1nc(C(C)(C)CC)c(C(C)(C)CC)[n-]1.[Ba+2].[Ba+2]. The van der Waals surface area contributed by atoms with Gasteiger partial charge in [0.05, 0.1) is 0 Å². The molecule has 4 aromatic rings. The molecule has 0 bridgehead atoms. The quantitative estimate of drug-likeness (QED) is 0.0518. The average molecular weight is 1440 g/mol. The van der Waals surface area contributed by atoms with Gasteiger partial charge in [0.2, 0.25) is 0 Å². The van der Waals surface area contributed by atoms with Gasteiger partial charge in [-0.25, -0.2) is 0 Å². The van der Waals surface area contributed by atoms with Crippen LogP contribution < -0.4 is 19.9 Å². The van der Waals surface area contributed by atoms with Crippen LogP contribution in [0, 0.1) is 0 Å². The molecule has 0 unspecified atom stereocenters. The van der Waals surface area contributed by atoms with E-state index in [4.69, 9.17) is 39.9 Å². The van der Waals surface area contributed by atoms with E-state index in [9.17, 15) is 0 Å². The van der Waals surface area contributed by atoms with Gasteiger partial charge in [0.15, 0.2) is 0 Å². The van der Waals surface area contributed by atoms with Crippen molar-refractivity contribution in [1.29, 1.82) is 0 Å². The topological polar surface area (TPSA) is 108 Å². The second-order valence-corrected chi connectivity index (χ2v) is 33.4. The van der Waals surface area contributed by atoms with Gasteiger partial charge >= 0.3 is 97.8 Å². The normalized spacial score (nSPS) is 13.4. The van der Waals surface area contributed by atoms with Crippen molar-refractivity contribution in [3.63, 3.8) is 0 Å². The minimum absolute atomic E-state index is 0. The molecule has 10 heteroatoms. The van der Waals surface area contributed by atoms with Crippen LogP contribution >= 0.6 is 0 Å². The third-order valence-electron chi connectivity index (χ3n) is 20.8. The Labute approximate surface area is 616 Å². The number of imidazole rings is 4. The van der Waals surface area contributed by atoms with Crippen molar-refractivity contribution in [2.45, 2.75) is 417 Å². The third kappa shape index (κ3) is 22.6. The maximum atomic E-state index is 5.05. The summed E-state index contributed by atoms with van der Waals surface area (Å²) in [7, 11) is 0. The molecule has 0 spiro atoms. The zero-order valence-corrected chi connectivity index (χ0v) is 73.2. The first-order chi connectivity index (χ1) is 38.1. The van der Waals surface area contributed by atoms with Gasteiger partial charge < -0.3 is 39.9 Å². The molecular formula is C76H140Ba2N8. The summed E-state index contributed by atoms with van der Waals surface area (Å²) in [5.41, 5.74) is 10.7. The smallest absolute Gasteiger partial charge is 0.442 e. The van der Waals surface area contributed by atoms with Gasteiger partial charge in [0.1, 0.15) is 0 Å². The summed E-state index contributed by atoms with van der Waals surface area (Å²) in [6.07, 6.45) is 17.9. The number of hydrogen-bond acceptors (Lipinski definition) is 4. The van der Waals surface area contributed by atoms with Crippen LogP contribution in [-0.4, -0.2) is 118 Å².